The number of carbonyl (C=O) groups is 2. The van der Waals surface area contributed by atoms with Crippen LogP contribution >= 0.6 is 0 Å². The number of rotatable bonds is 5. The lowest BCUT2D eigenvalue weighted by Gasteiger charge is -2.15. The molecule has 0 bridgehead atoms. The van der Waals surface area contributed by atoms with Gasteiger partial charge in [-0.3, -0.25) is 9.59 Å². The molecule has 32 heavy (non-hydrogen) atoms. The van der Waals surface area contributed by atoms with Crippen molar-refractivity contribution in [1.29, 1.82) is 0 Å². The number of hydrogen-bond donors (Lipinski definition) is 1. The lowest BCUT2D eigenvalue weighted by atomic mass is 10.0. The van der Waals surface area contributed by atoms with Crippen molar-refractivity contribution < 1.29 is 9.59 Å². The van der Waals surface area contributed by atoms with Crippen LogP contribution in [0.15, 0.2) is 48.7 Å². The highest BCUT2D eigenvalue weighted by Gasteiger charge is 2.29. The predicted octanol–water partition coefficient (Wildman–Crippen LogP) is 3.75. The molecule has 0 saturated heterocycles. The molecular weight excluding hydrogens is 402 g/mol. The second-order valence-corrected chi connectivity index (χ2v) is 8.70. The van der Waals surface area contributed by atoms with Crippen LogP contribution in [0, 0.1) is 0 Å². The number of benzene rings is 2. The third kappa shape index (κ3) is 3.68. The summed E-state index contributed by atoms with van der Waals surface area (Å²) in [6, 6.07) is 15.0. The Morgan fingerprint density at radius 3 is 2.62 bits per heavy atom. The summed E-state index contributed by atoms with van der Waals surface area (Å²) in [6.45, 7) is 1.88. The maximum absolute atomic E-state index is 12.0. The van der Waals surface area contributed by atoms with E-state index < -0.39 is 0 Å². The molecule has 7 heteroatoms. The molecule has 0 radical (unpaired) electrons. The zero-order valence-corrected chi connectivity index (χ0v) is 18.4. The summed E-state index contributed by atoms with van der Waals surface area (Å²) >= 11 is 0. The SMILES string of the molecule is CCC(=O)N[C@H]1CCC(n2nncc2-c2ccc(-c3ccc4c(c3)N(C)C(=O)C4)cc2)C1. The van der Waals surface area contributed by atoms with Gasteiger partial charge in [-0.05, 0) is 42.0 Å². The smallest absolute Gasteiger partial charge is 0.231 e. The van der Waals surface area contributed by atoms with E-state index in [9.17, 15) is 9.59 Å². The second kappa shape index (κ2) is 8.22. The number of hydrogen-bond acceptors (Lipinski definition) is 4. The molecule has 164 valence electrons. The van der Waals surface area contributed by atoms with E-state index in [1.54, 1.807) is 4.90 Å². The Bertz CT molecular complexity index is 1170. The van der Waals surface area contributed by atoms with E-state index in [2.05, 4.69) is 52.0 Å². The third-order valence-electron chi connectivity index (χ3n) is 6.69. The quantitative estimate of drug-likeness (QED) is 0.670. The van der Waals surface area contributed by atoms with Crippen LogP contribution in [-0.2, 0) is 16.0 Å². The number of likely N-dealkylation sites (N-methyl/N-ethyl adjacent to an activating group) is 1. The zero-order valence-electron chi connectivity index (χ0n) is 18.4. The minimum atomic E-state index is 0.104. The molecule has 2 amide bonds. The van der Waals surface area contributed by atoms with E-state index in [0.29, 0.717) is 12.8 Å². The molecule has 0 spiro atoms. The van der Waals surface area contributed by atoms with E-state index in [1.165, 1.54) is 0 Å². The van der Waals surface area contributed by atoms with Gasteiger partial charge in [0.25, 0.3) is 0 Å². The van der Waals surface area contributed by atoms with E-state index in [1.807, 2.05) is 30.9 Å². The average Bonchev–Trinajstić information content (AvgIpc) is 3.53. The molecule has 5 rings (SSSR count). The standard InChI is InChI=1S/C25H27N5O2/c1-3-24(31)27-20-10-11-21(14-20)30-23(15-26-28-30)17-6-4-16(5-7-17)18-8-9-19-13-25(32)29(2)22(19)12-18/h4-9,12,15,20-21H,3,10-11,13-14H2,1-2H3,(H,27,31)/t20-,21?/m0/s1. The number of anilines is 1. The molecule has 3 aromatic rings. The fourth-order valence-corrected chi connectivity index (χ4v) is 4.82. The lowest BCUT2D eigenvalue weighted by Crippen LogP contribution is -2.32. The summed E-state index contributed by atoms with van der Waals surface area (Å²) in [4.78, 5) is 25.4. The third-order valence-corrected chi connectivity index (χ3v) is 6.69. The molecule has 2 atom stereocenters. The van der Waals surface area contributed by atoms with Gasteiger partial charge in [-0.2, -0.15) is 0 Å². The van der Waals surface area contributed by atoms with Crippen LogP contribution in [0.3, 0.4) is 0 Å². The van der Waals surface area contributed by atoms with Gasteiger partial charge < -0.3 is 10.2 Å². The second-order valence-electron chi connectivity index (χ2n) is 8.70. The summed E-state index contributed by atoms with van der Waals surface area (Å²) < 4.78 is 2.00. The fraction of sp³-hybridized carbons (Fsp3) is 0.360. The number of nitrogens with zero attached hydrogens (tertiary/aromatic N) is 4. The van der Waals surface area contributed by atoms with Crippen LogP contribution in [0.1, 0.15) is 44.2 Å². The Kier molecular flexibility index (Phi) is 5.25. The molecule has 1 fully saturated rings. The molecule has 2 aromatic carbocycles. The van der Waals surface area contributed by atoms with Gasteiger partial charge in [0.1, 0.15) is 0 Å². The number of aromatic nitrogens is 3. The molecule has 1 unspecified atom stereocenters. The van der Waals surface area contributed by atoms with Crippen LogP contribution in [0.4, 0.5) is 5.69 Å². The van der Waals surface area contributed by atoms with Gasteiger partial charge in [-0.1, -0.05) is 48.5 Å². The highest BCUT2D eigenvalue weighted by Crippen LogP contribution is 2.35. The van der Waals surface area contributed by atoms with Gasteiger partial charge in [-0.15, -0.1) is 5.10 Å². The van der Waals surface area contributed by atoms with E-state index in [-0.39, 0.29) is 23.9 Å². The first-order valence-electron chi connectivity index (χ1n) is 11.2. The largest absolute Gasteiger partial charge is 0.353 e. The van der Waals surface area contributed by atoms with Crippen molar-refractivity contribution in [1.82, 2.24) is 20.3 Å². The van der Waals surface area contributed by atoms with Crippen molar-refractivity contribution in [3.05, 3.63) is 54.2 Å². The summed E-state index contributed by atoms with van der Waals surface area (Å²) in [5.74, 6) is 0.240. The van der Waals surface area contributed by atoms with Crippen LogP contribution in [0.2, 0.25) is 0 Å². The van der Waals surface area contributed by atoms with Crippen LogP contribution in [0.25, 0.3) is 22.4 Å². The van der Waals surface area contributed by atoms with Crippen LogP contribution in [0.5, 0.6) is 0 Å². The van der Waals surface area contributed by atoms with E-state index >= 15 is 0 Å². The molecule has 1 N–H and O–H groups in total. The topological polar surface area (TPSA) is 80.1 Å². The van der Waals surface area contributed by atoms with Gasteiger partial charge in [0, 0.05) is 30.8 Å². The molecule has 2 heterocycles. The van der Waals surface area contributed by atoms with Crippen LogP contribution in [-0.4, -0.2) is 39.9 Å². The van der Waals surface area contributed by atoms with Gasteiger partial charge in [0.15, 0.2) is 0 Å². The van der Waals surface area contributed by atoms with Gasteiger partial charge in [0.2, 0.25) is 11.8 Å². The van der Waals surface area contributed by atoms with Crippen LogP contribution < -0.4 is 10.2 Å². The molecule has 1 aliphatic carbocycles. The molecular formula is C25H27N5O2. The minimum Gasteiger partial charge on any atom is -0.353 e. The summed E-state index contributed by atoms with van der Waals surface area (Å²) in [5, 5.41) is 11.6. The number of amides is 2. The van der Waals surface area contributed by atoms with Crippen molar-refractivity contribution in [2.45, 2.75) is 51.1 Å². The normalized spacial score (nSPS) is 19.9. The minimum absolute atomic E-state index is 0.104. The molecule has 1 aliphatic heterocycles. The summed E-state index contributed by atoms with van der Waals surface area (Å²) in [5.41, 5.74) is 6.32. The monoisotopic (exact) mass is 429 g/mol. The Labute approximate surface area is 187 Å². The van der Waals surface area contributed by atoms with Crippen molar-refractivity contribution in [3.8, 4) is 22.4 Å². The summed E-state index contributed by atoms with van der Waals surface area (Å²) in [6.07, 6.45) is 5.62. The van der Waals surface area contributed by atoms with Crippen molar-refractivity contribution >= 4 is 17.5 Å². The Balaban J connectivity index is 1.35. The maximum atomic E-state index is 12.0. The van der Waals surface area contributed by atoms with Crippen molar-refractivity contribution in [3.63, 3.8) is 0 Å². The van der Waals surface area contributed by atoms with Gasteiger partial charge in [-0.25, -0.2) is 4.68 Å². The lowest BCUT2D eigenvalue weighted by molar-refractivity contribution is -0.121. The molecule has 2 aliphatic rings. The number of carbonyl (C=O) groups excluding carboxylic acids is 2. The maximum Gasteiger partial charge on any atom is 0.231 e. The van der Waals surface area contributed by atoms with E-state index in [4.69, 9.17) is 0 Å². The molecule has 7 nitrogen and oxygen atoms in total. The first kappa shape index (κ1) is 20.4. The Morgan fingerprint density at radius 2 is 1.84 bits per heavy atom. The Hall–Kier alpha value is -3.48. The number of nitrogens with one attached hydrogen (secondary N) is 1. The first-order valence-corrected chi connectivity index (χ1v) is 11.2. The van der Waals surface area contributed by atoms with E-state index in [0.717, 1.165) is 52.9 Å². The van der Waals surface area contributed by atoms with Gasteiger partial charge in [0.05, 0.1) is 24.4 Å². The average molecular weight is 430 g/mol. The van der Waals surface area contributed by atoms with Gasteiger partial charge >= 0.3 is 0 Å². The molecule has 1 aromatic heterocycles. The summed E-state index contributed by atoms with van der Waals surface area (Å²) in [7, 11) is 1.83. The number of fused-ring (bicyclic) bond motifs is 1. The molecule has 1 saturated carbocycles. The predicted molar refractivity (Wildman–Crippen MR) is 123 cm³/mol. The Morgan fingerprint density at radius 1 is 1.09 bits per heavy atom. The first-order chi connectivity index (χ1) is 15.5. The van der Waals surface area contributed by atoms with Crippen molar-refractivity contribution in [2.75, 3.05) is 11.9 Å². The van der Waals surface area contributed by atoms with Crippen molar-refractivity contribution in [2.24, 2.45) is 0 Å². The highest BCUT2D eigenvalue weighted by atomic mass is 16.2. The highest BCUT2D eigenvalue weighted by molar-refractivity contribution is 6.01. The fourth-order valence-electron chi connectivity index (χ4n) is 4.82. The zero-order chi connectivity index (χ0) is 22.2.